The highest BCUT2D eigenvalue weighted by atomic mass is 35.5. The quantitative estimate of drug-likeness (QED) is 0.722. The highest BCUT2D eigenvalue weighted by Crippen LogP contribution is 2.21. The van der Waals surface area contributed by atoms with Crippen molar-refractivity contribution in [1.82, 2.24) is 15.2 Å². The van der Waals surface area contributed by atoms with Crippen molar-refractivity contribution in [2.45, 2.75) is 13.5 Å². The van der Waals surface area contributed by atoms with E-state index in [9.17, 15) is 4.39 Å². The van der Waals surface area contributed by atoms with Gasteiger partial charge in [-0.05, 0) is 30.7 Å². The Morgan fingerprint density at radius 2 is 1.92 bits per heavy atom. The summed E-state index contributed by atoms with van der Waals surface area (Å²) < 4.78 is 13.2. The van der Waals surface area contributed by atoms with Gasteiger partial charge in [-0.25, -0.2) is 4.39 Å². The first-order chi connectivity index (χ1) is 11.6. The van der Waals surface area contributed by atoms with Crippen LogP contribution in [0.4, 0.5) is 21.8 Å². The van der Waals surface area contributed by atoms with E-state index in [4.69, 9.17) is 11.6 Å². The second-order valence-corrected chi connectivity index (χ2v) is 5.67. The van der Waals surface area contributed by atoms with E-state index >= 15 is 0 Å². The molecule has 122 valence electrons. The Morgan fingerprint density at radius 3 is 2.67 bits per heavy atom. The largest absolute Gasteiger partial charge is 0.349 e. The van der Waals surface area contributed by atoms with Crippen molar-refractivity contribution in [2.24, 2.45) is 0 Å². The highest BCUT2D eigenvalue weighted by molar-refractivity contribution is 6.31. The van der Waals surface area contributed by atoms with Crippen molar-refractivity contribution >= 4 is 29.1 Å². The van der Waals surface area contributed by atoms with Crippen LogP contribution in [0.25, 0.3) is 0 Å². The van der Waals surface area contributed by atoms with Crippen molar-refractivity contribution < 1.29 is 4.39 Å². The number of rotatable bonds is 5. The Kier molecular flexibility index (Phi) is 4.86. The van der Waals surface area contributed by atoms with Gasteiger partial charge in [0.1, 0.15) is 5.82 Å². The van der Waals surface area contributed by atoms with E-state index in [1.54, 1.807) is 6.07 Å². The maximum atomic E-state index is 13.2. The zero-order chi connectivity index (χ0) is 16.9. The Morgan fingerprint density at radius 1 is 1.12 bits per heavy atom. The van der Waals surface area contributed by atoms with Gasteiger partial charge in [0.15, 0.2) is 5.82 Å². The predicted molar refractivity (Wildman–Crippen MR) is 93.0 cm³/mol. The van der Waals surface area contributed by atoms with Crippen LogP contribution in [0.15, 0.2) is 48.7 Å². The number of aryl methyl sites for hydroxylation is 1. The zero-order valence-electron chi connectivity index (χ0n) is 12.9. The lowest BCUT2D eigenvalue weighted by Crippen LogP contribution is -2.06. The number of nitrogens with zero attached hydrogens (tertiary/aromatic N) is 3. The van der Waals surface area contributed by atoms with Gasteiger partial charge >= 0.3 is 0 Å². The van der Waals surface area contributed by atoms with Crippen LogP contribution in [0.3, 0.4) is 0 Å². The minimum absolute atomic E-state index is 0.0414. The number of anilines is 3. The second-order valence-electron chi connectivity index (χ2n) is 5.26. The molecule has 0 saturated heterocycles. The van der Waals surface area contributed by atoms with Crippen LogP contribution in [0, 0.1) is 12.7 Å². The molecule has 0 aliphatic rings. The average molecular weight is 344 g/mol. The minimum atomic E-state index is -0.469. The van der Waals surface area contributed by atoms with E-state index in [0.29, 0.717) is 24.0 Å². The first-order valence-electron chi connectivity index (χ1n) is 7.31. The molecular weight excluding hydrogens is 329 g/mol. The number of benzene rings is 2. The zero-order valence-corrected chi connectivity index (χ0v) is 13.7. The van der Waals surface area contributed by atoms with Crippen LogP contribution < -0.4 is 10.6 Å². The summed E-state index contributed by atoms with van der Waals surface area (Å²) in [4.78, 5) is 4.32. The van der Waals surface area contributed by atoms with E-state index in [0.717, 1.165) is 5.56 Å². The van der Waals surface area contributed by atoms with Gasteiger partial charge in [-0.15, -0.1) is 5.10 Å². The fourth-order valence-electron chi connectivity index (χ4n) is 2.05. The number of nitrogens with one attached hydrogen (secondary N) is 2. The summed E-state index contributed by atoms with van der Waals surface area (Å²) in [5.41, 5.74) is 2.94. The number of aromatic nitrogens is 3. The maximum absolute atomic E-state index is 13.2. The molecule has 0 amide bonds. The van der Waals surface area contributed by atoms with Crippen molar-refractivity contribution in [3.05, 3.63) is 70.6 Å². The molecule has 0 atom stereocenters. The molecule has 0 fully saturated rings. The molecule has 0 unspecified atom stereocenters. The monoisotopic (exact) mass is 343 g/mol. The Hall–Kier alpha value is -2.73. The smallest absolute Gasteiger partial charge is 0.244 e. The molecule has 0 radical (unpaired) electrons. The molecule has 3 aromatic rings. The van der Waals surface area contributed by atoms with E-state index in [-0.39, 0.29) is 5.02 Å². The molecule has 3 rings (SSSR count). The van der Waals surface area contributed by atoms with Gasteiger partial charge in [-0.3, -0.25) is 0 Å². The van der Waals surface area contributed by atoms with Crippen LogP contribution in [0.2, 0.25) is 5.02 Å². The van der Waals surface area contributed by atoms with Crippen molar-refractivity contribution in [2.75, 3.05) is 10.6 Å². The molecule has 7 heteroatoms. The van der Waals surface area contributed by atoms with E-state index in [2.05, 4.69) is 25.8 Å². The van der Waals surface area contributed by atoms with E-state index < -0.39 is 5.82 Å². The first-order valence-corrected chi connectivity index (χ1v) is 7.69. The van der Waals surface area contributed by atoms with Crippen LogP contribution >= 0.6 is 11.6 Å². The van der Waals surface area contributed by atoms with E-state index in [1.807, 2.05) is 31.2 Å². The summed E-state index contributed by atoms with van der Waals surface area (Å²) in [6.07, 6.45) is 1.48. The summed E-state index contributed by atoms with van der Waals surface area (Å²) in [6.45, 7) is 2.63. The lowest BCUT2D eigenvalue weighted by molar-refractivity contribution is 0.628. The Labute approximate surface area is 143 Å². The SMILES string of the molecule is Cc1ccc(CNc2nncc(Nc3ccc(F)c(Cl)c3)n2)cc1. The Bertz CT molecular complexity index is 839. The van der Waals surface area contributed by atoms with Gasteiger partial charge in [0.2, 0.25) is 5.95 Å². The summed E-state index contributed by atoms with van der Waals surface area (Å²) in [5, 5.41) is 14.0. The van der Waals surface area contributed by atoms with Crippen molar-refractivity contribution in [3.63, 3.8) is 0 Å². The van der Waals surface area contributed by atoms with Gasteiger partial charge < -0.3 is 10.6 Å². The van der Waals surface area contributed by atoms with Crippen molar-refractivity contribution in [3.8, 4) is 0 Å². The third-order valence-corrected chi connectivity index (χ3v) is 3.61. The first kappa shape index (κ1) is 16.1. The normalized spacial score (nSPS) is 10.5. The molecule has 0 spiro atoms. The molecular formula is C17H15ClFN5. The number of hydrogen-bond donors (Lipinski definition) is 2. The molecule has 0 aliphatic heterocycles. The van der Waals surface area contributed by atoms with Gasteiger partial charge in [0, 0.05) is 12.2 Å². The lowest BCUT2D eigenvalue weighted by atomic mass is 10.1. The summed E-state index contributed by atoms with van der Waals surface area (Å²) in [5.74, 6) is 0.413. The molecule has 2 aromatic carbocycles. The maximum Gasteiger partial charge on any atom is 0.244 e. The van der Waals surface area contributed by atoms with Crippen molar-refractivity contribution in [1.29, 1.82) is 0 Å². The van der Waals surface area contributed by atoms with Gasteiger partial charge in [0.25, 0.3) is 0 Å². The molecule has 0 aliphatic carbocycles. The molecule has 5 nitrogen and oxygen atoms in total. The van der Waals surface area contributed by atoms with Crippen LogP contribution in [0.1, 0.15) is 11.1 Å². The third-order valence-electron chi connectivity index (χ3n) is 3.32. The molecule has 0 saturated carbocycles. The molecule has 1 aromatic heterocycles. The van der Waals surface area contributed by atoms with Gasteiger partial charge in [-0.2, -0.15) is 10.1 Å². The van der Waals surface area contributed by atoms with Crippen LogP contribution in [0.5, 0.6) is 0 Å². The lowest BCUT2D eigenvalue weighted by Gasteiger charge is -2.08. The molecule has 1 heterocycles. The predicted octanol–water partition coefficient (Wildman–Crippen LogP) is 4.33. The van der Waals surface area contributed by atoms with Crippen LogP contribution in [-0.2, 0) is 6.54 Å². The second kappa shape index (κ2) is 7.23. The summed E-state index contributed by atoms with van der Waals surface area (Å²) in [7, 11) is 0. The number of halogens is 2. The fraction of sp³-hybridized carbons (Fsp3) is 0.118. The standard InChI is InChI=1S/C17H15ClFN5/c1-11-2-4-12(5-3-11)9-20-17-23-16(10-21-24-17)22-13-6-7-15(19)14(18)8-13/h2-8,10H,9H2,1H3,(H2,20,22,23,24). The summed E-state index contributed by atoms with van der Waals surface area (Å²) in [6, 6.07) is 12.5. The van der Waals surface area contributed by atoms with Crippen LogP contribution in [-0.4, -0.2) is 15.2 Å². The molecule has 24 heavy (non-hydrogen) atoms. The highest BCUT2D eigenvalue weighted by Gasteiger charge is 2.04. The molecule has 0 bridgehead atoms. The Balaban J connectivity index is 1.67. The fourth-order valence-corrected chi connectivity index (χ4v) is 2.23. The topological polar surface area (TPSA) is 62.7 Å². The average Bonchev–Trinajstić information content (AvgIpc) is 2.58. The van der Waals surface area contributed by atoms with E-state index in [1.165, 1.54) is 23.9 Å². The molecule has 2 N–H and O–H groups in total. The number of hydrogen-bond acceptors (Lipinski definition) is 5. The third kappa shape index (κ3) is 4.17. The van der Waals surface area contributed by atoms with Gasteiger partial charge in [0.05, 0.1) is 11.2 Å². The summed E-state index contributed by atoms with van der Waals surface area (Å²) >= 11 is 5.76. The van der Waals surface area contributed by atoms with Gasteiger partial charge in [-0.1, -0.05) is 41.4 Å². The minimum Gasteiger partial charge on any atom is -0.349 e.